The lowest BCUT2D eigenvalue weighted by Crippen LogP contribution is -2.35. The van der Waals surface area contributed by atoms with Gasteiger partial charge < -0.3 is 10.2 Å². The number of para-hydroxylation sites is 1. The Morgan fingerprint density at radius 2 is 1.55 bits per heavy atom. The minimum absolute atomic E-state index is 0.173. The second-order valence-corrected chi connectivity index (χ2v) is 7.46. The molecule has 1 heterocycles. The summed E-state index contributed by atoms with van der Waals surface area (Å²) in [5.41, 5.74) is 6.15. The smallest absolute Gasteiger partial charge is 0.345 e. The molecule has 1 amide bonds. The van der Waals surface area contributed by atoms with Gasteiger partial charge in [-0.05, 0) is 46.0 Å². The van der Waals surface area contributed by atoms with Gasteiger partial charge in [0, 0.05) is 12.3 Å². The molecule has 0 spiro atoms. The number of fused-ring (bicyclic) bond motifs is 4. The number of hydrogen-bond acceptors (Lipinski definition) is 5. The van der Waals surface area contributed by atoms with Gasteiger partial charge in [-0.2, -0.15) is 0 Å². The molecule has 1 aliphatic carbocycles. The first-order chi connectivity index (χ1) is 15.2. The molecule has 3 aromatic carbocycles. The molecule has 0 saturated carbocycles. The van der Waals surface area contributed by atoms with Gasteiger partial charge in [-0.3, -0.25) is 4.79 Å². The summed E-state index contributed by atoms with van der Waals surface area (Å²) in [5.74, 6) is -0.630. The summed E-state index contributed by atoms with van der Waals surface area (Å²) in [5, 5.41) is 10.4. The van der Waals surface area contributed by atoms with E-state index in [4.69, 9.17) is 4.84 Å². The Hall–Kier alpha value is -4.00. The maximum absolute atomic E-state index is 12.4. The fourth-order valence-corrected chi connectivity index (χ4v) is 4.15. The summed E-state index contributed by atoms with van der Waals surface area (Å²) >= 11 is 0. The molecule has 1 aliphatic rings. The maximum Gasteiger partial charge on any atom is 0.353 e. The third-order valence-electron chi connectivity index (χ3n) is 5.56. The van der Waals surface area contributed by atoms with Gasteiger partial charge in [0.1, 0.15) is 17.6 Å². The molecule has 5 rings (SSSR count). The molecule has 1 N–H and O–H groups in total. The van der Waals surface area contributed by atoms with Crippen molar-refractivity contribution in [3.8, 4) is 11.1 Å². The predicted molar refractivity (Wildman–Crippen MR) is 115 cm³/mol. The van der Waals surface area contributed by atoms with E-state index in [9.17, 15) is 9.59 Å². The number of carbonyl (C=O) groups excluding carboxylic acids is 2. The standard InChI is InChI=1S/C24H20N4O3/c29-23(25-15-24(30)31-28-22-12-6-5-11-21(22)26-27-28)14-13-20-18-9-3-1-7-16(18)17-8-2-4-10-19(17)20/h1-12,20H,13-15H2,(H,25,29). The van der Waals surface area contributed by atoms with E-state index >= 15 is 0 Å². The maximum atomic E-state index is 12.4. The van der Waals surface area contributed by atoms with Gasteiger partial charge in [0.2, 0.25) is 5.91 Å². The number of rotatable bonds is 6. The van der Waals surface area contributed by atoms with Gasteiger partial charge in [0.15, 0.2) is 0 Å². The van der Waals surface area contributed by atoms with Crippen LogP contribution in [-0.2, 0) is 9.59 Å². The molecule has 154 valence electrons. The quantitative estimate of drug-likeness (QED) is 0.492. The van der Waals surface area contributed by atoms with Crippen LogP contribution in [0.3, 0.4) is 0 Å². The second kappa shape index (κ2) is 8.02. The first-order valence-corrected chi connectivity index (χ1v) is 10.2. The van der Waals surface area contributed by atoms with Crippen LogP contribution in [0, 0.1) is 0 Å². The van der Waals surface area contributed by atoms with Crippen LogP contribution in [-0.4, -0.2) is 33.6 Å². The van der Waals surface area contributed by atoms with E-state index in [-0.39, 0.29) is 18.4 Å². The average molecular weight is 412 g/mol. The Labute approximate surface area is 178 Å². The molecule has 0 fully saturated rings. The lowest BCUT2D eigenvalue weighted by Gasteiger charge is -2.13. The van der Waals surface area contributed by atoms with Crippen LogP contribution in [0.5, 0.6) is 0 Å². The Morgan fingerprint density at radius 1 is 0.903 bits per heavy atom. The highest BCUT2D eigenvalue weighted by molar-refractivity contribution is 5.83. The zero-order chi connectivity index (χ0) is 21.2. The molecule has 0 saturated heterocycles. The van der Waals surface area contributed by atoms with Crippen molar-refractivity contribution in [2.75, 3.05) is 6.54 Å². The number of aromatic nitrogens is 3. The SMILES string of the molecule is O=C(CCC1c2ccccc2-c2ccccc21)NCC(=O)On1nnc2ccccc21. The molecule has 7 heteroatoms. The summed E-state index contributed by atoms with van der Waals surface area (Å²) < 4.78 is 0. The third-order valence-corrected chi connectivity index (χ3v) is 5.56. The first-order valence-electron chi connectivity index (χ1n) is 10.2. The van der Waals surface area contributed by atoms with Crippen LogP contribution in [0.2, 0.25) is 0 Å². The van der Waals surface area contributed by atoms with Crippen molar-refractivity contribution >= 4 is 22.9 Å². The fraction of sp³-hybridized carbons (Fsp3) is 0.167. The Balaban J connectivity index is 1.18. The van der Waals surface area contributed by atoms with Gasteiger partial charge in [-0.1, -0.05) is 65.5 Å². The van der Waals surface area contributed by atoms with Crippen LogP contribution in [0.4, 0.5) is 0 Å². The Morgan fingerprint density at radius 3 is 2.29 bits per heavy atom. The summed E-state index contributed by atoms with van der Waals surface area (Å²) in [6, 6.07) is 23.8. The molecular weight excluding hydrogens is 392 g/mol. The molecule has 0 bridgehead atoms. The van der Waals surface area contributed by atoms with Crippen molar-refractivity contribution in [1.29, 1.82) is 0 Å². The number of nitrogens with one attached hydrogen (secondary N) is 1. The van der Waals surface area contributed by atoms with Crippen LogP contribution in [0.25, 0.3) is 22.2 Å². The van der Waals surface area contributed by atoms with Gasteiger partial charge in [0.05, 0.1) is 0 Å². The molecule has 0 aliphatic heterocycles. The van der Waals surface area contributed by atoms with Crippen molar-refractivity contribution in [3.05, 3.63) is 83.9 Å². The molecule has 7 nitrogen and oxygen atoms in total. The molecule has 0 unspecified atom stereocenters. The van der Waals surface area contributed by atoms with Crippen LogP contribution < -0.4 is 10.2 Å². The molecule has 4 aromatic rings. The van der Waals surface area contributed by atoms with Crippen LogP contribution >= 0.6 is 0 Å². The number of hydrogen-bond donors (Lipinski definition) is 1. The zero-order valence-electron chi connectivity index (χ0n) is 16.7. The number of amides is 1. The van der Waals surface area contributed by atoms with Crippen molar-refractivity contribution in [2.24, 2.45) is 0 Å². The molecule has 0 atom stereocenters. The lowest BCUT2D eigenvalue weighted by atomic mass is 9.92. The van der Waals surface area contributed by atoms with E-state index in [0.29, 0.717) is 23.9 Å². The Bertz CT molecular complexity index is 1240. The summed E-state index contributed by atoms with van der Waals surface area (Å²) in [7, 11) is 0. The van der Waals surface area contributed by atoms with Crippen molar-refractivity contribution in [3.63, 3.8) is 0 Å². The van der Waals surface area contributed by atoms with E-state index in [2.05, 4.69) is 39.9 Å². The average Bonchev–Trinajstić information content (AvgIpc) is 3.35. The van der Waals surface area contributed by atoms with Gasteiger partial charge in [-0.15, -0.1) is 5.10 Å². The molecule has 0 radical (unpaired) electrons. The van der Waals surface area contributed by atoms with E-state index in [1.54, 1.807) is 18.2 Å². The minimum Gasteiger partial charge on any atom is -0.345 e. The number of carbonyl (C=O) groups is 2. The third kappa shape index (κ3) is 3.66. The Kier molecular flexibility index (Phi) is 4.92. The zero-order valence-corrected chi connectivity index (χ0v) is 16.7. The van der Waals surface area contributed by atoms with Gasteiger partial charge in [-0.25, -0.2) is 4.79 Å². The van der Waals surface area contributed by atoms with E-state index in [1.165, 1.54) is 22.3 Å². The van der Waals surface area contributed by atoms with Crippen molar-refractivity contribution in [1.82, 2.24) is 20.5 Å². The second-order valence-electron chi connectivity index (χ2n) is 7.46. The topological polar surface area (TPSA) is 86.1 Å². The summed E-state index contributed by atoms with van der Waals surface area (Å²) in [4.78, 5) is 30.8. The number of benzene rings is 3. The van der Waals surface area contributed by atoms with E-state index < -0.39 is 5.97 Å². The van der Waals surface area contributed by atoms with Gasteiger partial charge >= 0.3 is 5.97 Å². The highest BCUT2D eigenvalue weighted by Gasteiger charge is 2.28. The van der Waals surface area contributed by atoms with Gasteiger partial charge in [0.25, 0.3) is 0 Å². The molecular formula is C24H20N4O3. The monoisotopic (exact) mass is 412 g/mol. The van der Waals surface area contributed by atoms with Crippen LogP contribution in [0.1, 0.15) is 29.9 Å². The predicted octanol–water partition coefficient (Wildman–Crippen LogP) is 3.10. The fourth-order valence-electron chi connectivity index (χ4n) is 4.15. The van der Waals surface area contributed by atoms with Crippen LogP contribution in [0.15, 0.2) is 72.8 Å². The summed E-state index contributed by atoms with van der Waals surface area (Å²) in [6.07, 6.45) is 0.982. The van der Waals surface area contributed by atoms with E-state index in [0.717, 1.165) is 4.85 Å². The highest BCUT2D eigenvalue weighted by Crippen LogP contribution is 2.46. The highest BCUT2D eigenvalue weighted by atomic mass is 16.7. The number of nitrogens with zero attached hydrogens (tertiary/aromatic N) is 3. The van der Waals surface area contributed by atoms with Crippen molar-refractivity contribution in [2.45, 2.75) is 18.8 Å². The van der Waals surface area contributed by atoms with Crippen molar-refractivity contribution < 1.29 is 14.4 Å². The molecule has 31 heavy (non-hydrogen) atoms. The summed E-state index contributed by atoms with van der Waals surface area (Å²) in [6.45, 7) is -0.231. The first kappa shape index (κ1) is 19.0. The normalized spacial score (nSPS) is 12.4. The molecule has 1 aromatic heterocycles. The minimum atomic E-state index is -0.611. The van der Waals surface area contributed by atoms with E-state index in [1.807, 2.05) is 30.3 Å². The largest absolute Gasteiger partial charge is 0.353 e. The lowest BCUT2D eigenvalue weighted by molar-refractivity contribution is -0.145.